The molecule has 0 bridgehead atoms. The summed E-state index contributed by atoms with van der Waals surface area (Å²) in [5.74, 6) is 0.883. The number of para-hydroxylation sites is 1. The fourth-order valence-electron chi connectivity index (χ4n) is 3.48. The minimum Gasteiger partial charge on any atom is -0.491 e. The van der Waals surface area contributed by atoms with Gasteiger partial charge in [-0.15, -0.1) is 10.2 Å². The number of carbonyl (C=O) groups excluding carboxylic acids is 2. The van der Waals surface area contributed by atoms with Gasteiger partial charge < -0.3 is 24.1 Å². The number of hydrogen-bond acceptors (Lipinski definition) is 9. The Morgan fingerprint density at radius 1 is 0.949 bits per heavy atom. The van der Waals surface area contributed by atoms with E-state index in [1.165, 1.54) is 11.1 Å². The second kappa shape index (κ2) is 11.7. The molecule has 2 amide bonds. The number of alkyl carbamates (subject to hydrolysis) is 1. The number of ether oxygens (including phenoxy) is 2. The number of benzene rings is 2. The molecule has 1 N–H and O–H groups in total. The first-order valence-corrected chi connectivity index (χ1v) is 12.3. The van der Waals surface area contributed by atoms with Gasteiger partial charge in [-0.25, -0.2) is 9.78 Å². The Kier molecular flexibility index (Phi) is 8.18. The topological polar surface area (TPSA) is 133 Å². The van der Waals surface area contributed by atoms with Gasteiger partial charge in [0.2, 0.25) is 0 Å². The molecule has 0 aliphatic carbocycles. The van der Waals surface area contributed by atoms with Crippen LogP contribution in [0.2, 0.25) is 0 Å². The van der Waals surface area contributed by atoms with Crippen LogP contribution < -0.4 is 10.1 Å². The number of hydrogen-bond donors (Lipinski definition) is 1. The summed E-state index contributed by atoms with van der Waals surface area (Å²) < 4.78 is 17.0. The lowest BCUT2D eigenvalue weighted by atomic mass is 10.1. The Bertz CT molecular complexity index is 1440. The fourth-order valence-corrected chi connectivity index (χ4v) is 3.48. The molecule has 0 unspecified atom stereocenters. The quantitative estimate of drug-likeness (QED) is 0.328. The maximum atomic E-state index is 12.2. The third kappa shape index (κ3) is 7.16. The van der Waals surface area contributed by atoms with Crippen molar-refractivity contribution < 1.29 is 23.5 Å². The molecule has 0 saturated heterocycles. The standard InChI is InChI=1S/C28H30N6O5/c1-28(2,3)39-27(36)30-14-15-37-23-9-7-6-8-20(23)24-32-33-25(38-24)22-17-29-16-21(31-22)18-10-12-19(13-11-18)26(35)34(4)5/h6-13,16-17H,14-15H2,1-5H3,(H,30,36). The van der Waals surface area contributed by atoms with Gasteiger partial charge in [0.15, 0.2) is 0 Å². The Balaban J connectivity index is 1.46. The molecule has 0 spiro atoms. The Morgan fingerprint density at radius 2 is 1.64 bits per heavy atom. The van der Waals surface area contributed by atoms with Gasteiger partial charge in [-0.1, -0.05) is 24.3 Å². The molecule has 0 saturated carbocycles. The number of nitrogens with one attached hydrogen (secondary N) is 1. The van der Waals surface area contributed by atoms with Gasteiger partial charge in [0.25, 0.3) is 17.7 Å². The monoisotopic (exact) mass is 530 g/mol. The molecule has 202 valence electrons. The van der Waals surface area contributed by atoms with Crippen LogP contribution in [0, 0.1) is 0 Å². The molecular formula is C28H30N6O5. The van der Waals surface area contributed by atoms with Gasteiger partial charge in [-0.05, 0) is 45.0 Å². The van der Waals surface area contributed by atoms with Crippen LogP contribution >= 0.6 is 0 Å². The third-order valence-electron chi connectivity index (χ3n) is 5.26. The van der Waals surface area contributed by atoms with Crippen LogP contribution in [0.4, 0.5) is 4.79 Å². The van der Waals surface area contributed by atoms with E-state index in [1.54, 1.807) is 65.3 Å². The van der Waals surface area contributed by atoms with Crippen LogP contribution in [0.3, 0.4) is 0 Å². The zero-order valence-corrected chi connectivity index (χ0v) is 22.5. The molecule has 0 atom stereocenters. The van der Waals surface area contributed by atoms with Crippen molar-refractivity contribution in [2.45, 2.75) is 26.4 Å². The van der Waals surface area contributed by atoms with Crippen molar-refractivity contribution in [2.75, 3.05) is 27.2 Å². The van der Waals surface area contributed by atoms with E-state index in [0.29, 0.717) is 28.3 Å². The minimum atomic E-state index is -0.575. The highest BCUT2D eigenvalue weighted by Crippen LogP contribution is 2.31. The Morgan fingerprint density at radius 3 is 2.36 bits per heavy atom. The molecule has 2 aromatic heterocycles. The molecule has 4 aromatic rings. The van der Waals surface area contributed by atoms with Crippen LogP contribution in [-0.4, -0.2) is 69.9 Å². The zero-order valence-electron chi connectivity index (χ0n) is 22.5. The highest BCUT2D eigenvalue weighted by atomic mass is 16.6. The van der Waals surface area contributed by atoms with E-state index >= 15 is 0 Å². The van der Waals surface area contributed by atoms with Crippen LogP contribution in [0.15, 0.2) is 65.3 Å². The number of carbonyl (C=O) groups is 2. The van der Waals surface area contributed by atoms with Crippen molar-refractivity contribution >= 4 is 12.0 Å². The van der Waals surface area contributed by atoms with Gasteiger partial charge >= 0.3 is 6.09 Å². The van der Waals surface area contributed by atoms with E-state index in [-0.39, 0.29) is 30.8 Å². The van der Waals surface area contributed by atoms with Crippen molar-refractivity contribution in [1.82, 2.24) is 30.4 Å². The predicted molar refractivity (Wildman–Crippen MR) is 144 cm³/mol. The molecule has 11 heteroatoms. The molecule has 0 aliphatic rings. The summed E-state index contributed by atoms with van der Waals surface area (Å²) in [5.41, 5.74) is 2.39. The molecule has 0 radical (unpaired) electrons. The van der Waals surface area contributed by atoms with E-state index in [1.807, 2.05) is 24.3 Å². The molecule has 2 aromatic carbocycles. The summed E-state index contributed by atoms with van der Waals surface area (Å²) in [4.78, 5) is 34.4. The average molecular weight is 531 g/mol. The number of aromatic nitrogens is 4. The zero-order chi connectivity index (χ0) is 28.0. The minimum absolute atomic E-state index is 0.0802. The second-order valence-corrected chi connectivity index (χ2v) is 9.75. The first-order valence-electron chi connectivity index (χ1n) is 12.3. The lowest BCUT2D eigenvalue weighted by Gasteiger charge is -2.19. The van der Waals surface area contributed by atoms with Crippen molar-refractivity contribution in [1.29, 1.82) is 0 Å². The molecular weight excluding hydrogens is 500 g/mol. The predicted octanol–water partition coefficient (Wildman–Crippen LogP) is 4.47. The van der Waals surface area contributed by atoms with Gasteiger partial charge in [-0.2, -0.15) is 0 Å². The normalized spacial score (nSPS) is 11.1. The number of nitrogens with zero attached hydrogens (tertiary/aromatic N) is 5. The molecule has 0 aliphatic heterocycles. The van der Waals surface area contributed by atoms with Crippen LogP contribution in [-0.2, 0) is 4.74 Å². The van der Waals surface area contributed by atoms with E-state index in [0.717, 1.165) is 5.56 Å². The smallest absolute Gasteiger partial charge is 0.407 e. The Hall–Kier alpha value is -4.80. The van der Waals surface area contributed by atoms with Crippen LogP contribution in [0.5, 0.6) is 5.75 Å². The molecule has 4 rings (SSSR count). The van der Waals surface area contributed by atoms with Gasteiger partial charge in [0, 0.05) is 25.2 Å². The van der Waals surface area contributed by atoms with Crippen molar-refractivity contribution in [3.63, 3.8) is 0 Å². The summed E-state index contributed by atoms with van der Waals surface area (Å²) in [6.45, 7) is 5.86. The van der Waals surface area contributed by atoms with Gasteiger partial charge in [0.05, 0.1) is 30.2 Å². The third-order valence-corrected chi connectivity index (χ3v) is 5.26. The first kappa shape index (κ1) is 27.2. The van der Waals surface area contributed by atoms with Crippen molar-refractivity contribution in [3.8, 4) is 40.0 Å². The van der Waals surface area contributed by atoms with Crippen LogP contribution in [0.25, 0.3) is 34.3 Å². The number of rotatable bonds is 8. The second-order valence-electron chi connectivity index (χ2n) is 9.75. The lowest BCUT2D eigenvalue weighted by Crippen LogP contribution is -2.34. The van der Waals surface area contributed by atoms with E-state index in [9.17, 15) is 9.59 Å². The van der Waals surface area contributed by atoms with Crippen molar-refractivity contribution in [2.24, 2.45) is 0 Å². The summed E-state index contributed by atoms with van der Waals surface area (Å²) in [6.07, 6.45) is 2.65. The lowest BCUT2D eigenvalue weighted by molar-refractivity contribution is 0.0520. The largest absolute Gasteiger partial charge is 0.491 e. The van der Waals surface area contributed by atoms with E-state index in [4.69, 9.17) is 13.9 Å². The summed E-state index contributed by atoms with van der Waals surface area (Å²) in [7, 11) is 3.41. The number of amides is 2. The molecule has 11 nitrogen and oxygen atoms in total. The average Bonchev–Trinajstić information content (AvgIpc) is 3.40. The van der Waals surface area contributed by atoms with Gasteiger partial charge in [-0.3, -0.25) is 9.78 Å². The van der Waals surface area contributed by atoms with E-state index in [2.05, 4.69) is 25.5 Å². The first-order chi connectivity index (χ1) is 18.6. The summed E-state index contributed by atoms with van der Waals surface area (Å²) in [5, 5.41) is 11.0. The SMILES string of the molecule is CN(C)C(=O)c1ccc(-c2cncc(-c3nnc(-c4ccccc4OCCNC(=O)OC(C)(C)C)o3)n2)cc1. The van der Waals surface area contributed by atoms with E-state index < -0.39 is 11.7 Å². The molecule has 39 heavy (non-hydrogen) atoms. The van der Waals surface area contributed by atoms with Crippen molar-refractivity contribution in [3.05, 3.63) is 66.5 Å². The van der Waals surface area contributed by atoms with Gasteiger partial charge in [0.1, 0.15) is 23.7 Å². The highest BCUT2D eigenvalue weighted by Gasteiger charge is 2.18. The fraction of sp³-hybridized carbons (Fsp3) is 0.286. The van der Waals surface area contributed by atoms with Crippen LogP contribution in [0.1, 0.15) is 31.1 Å². The summed E-state index contributed by atoms with van der Waals surface area (Å²) >= 11 is 0. The maximum Gasteiger partial charge on any atom is 0.407 e. The maximum absolute atomic E-state index is 12.2. The molecule has 0 fully saturated rings. The molecule has 2 heterocycles. The Labute approximate surface area is 226 Å². The summed E-state index contributed by atoms with van der Waals surface area (Å²) in [6, 6.07) is 14.3. The highest BCUT2D eigenvalue weighted by molar-refractivity contribution is 5.94.